The Balaban J connectivity index is 2.00. The van der Waals surface area contributed by atoms with Gasteiger partial charge in [-0.25, -0.2) is 0 Å². The summed E-state index contributed by atoms with van der Waals surface area (Å²) in [7, 11) is 0.0350. The molecule has 1 heterocycles. The standard InChI is InChI=1S/C27H37O2P/c1-4-7-11-21-15-19(10-6-3)16-24-25-18-23(20-13-9-14-20)17-22(12-8-5-2)27(25)29-30-28-26(21)24/h15-18,20,30H,4-14H2,1-3H3. The number of fused-ring (bicyclic) bond motifs is 3. The van der Waals surface area contributed by atoms with E-state index < -0.39 is 0 Å². The molecule has 0 radical (unpaired) electrons. The molecule has 0 N–H and O–H groups in total. The number of rotatable bonds is 9. The molecule has 2 aromatic carbocycles. The zero-order valence-electron chi connectivity index (χ0n) is 19.0. The molecule has 0 bridgehead atoms. The summed E-state index contributed by atoms with van der Waals surface area (Å²) in [5.74, 6) is 0.726. The quantitative estimate of drug-likeness (QED) is 0.342. The first-order valence-electron chi connectivity index (χ1n) is 12.2. The van der Waals surface area contributed by atoms with Gasteiger partial charge in [-0.05, 0) is 85.3 Å². The van der Waals surface area contributed by atoms with Crippen LogP contribution in [0.5, 0.6) is 0 Å². The van der Waals surface area contributed by atoms with Crippen molar-refractivity contribution in [1.82, 2.24) is 0 Å². The SMILES string of the molecule is CCCCc1cc(CCC)cc2c1o[pH]oc1c(CCCC)cc(C3CCC3)cc12. The molecule has 3 heteroatoms. The van der Waals surface area contributed by atoms with Gasteiger partial charge >= 0.3 is 0 Å². The van der Waals surface area contributed by atoms with E-state index >= 15 is 0 Å². The molecule has 30 heavy (non-hydrogen) atoms. The van der Waals surface area contributed by atoms with Crippen LogP contribution < -0.4 is 0 Å². The van der Waals surface area contributed by atoms with Gasteiger partial charge in [0.2, 0.25) is 8.67 Å². The highest BCUT2D eigenvalue weighted by Crippen LogP contribution is 2.41. The van der Waals surface area contributed by atoms with Gasteiger partial charge in [-0.1, -0.05) is 58.6 Å². The Morgan fingerprint density at radius 3 is 1.97 bits per heavy atom. The Morgan fingerprint density at radius 1 is 0.767 bits per heavy atom. The first-order valence-corrected chi connectivity index (χ1v) is 13.0. The van der Waals surface area contributed by atoms with Gasteiger partial charge in [-0.3, -0.25) is 0 Å². The average molecular weight is 425 g/mol. The van der Waals surface area contributed by atoms with E-state index in [-0.39, 0.29) is 8.67 Å². The van der Waals surface area contributed by atoms with Gasteiger partial charge in [0.1, 0.15) is 11.2 Å². The average Bonchev–Trinajstić information content (AvgIpc) is 2.89. The molecule has 0 saturated heterocycles. The summed E-state index contributed by atoms with van der Waals surface area (Å²) in [6, 6.07) is 9.66. The first kappa shape index (κ1) is 21.6. The molecule has 1 fully saturated rings. The predicted octanol–water partition coefficient (Wildman–Crippen LogP) is 9.24. The van der Waals surface area contributed by atoms with Gasteiger partial charge < -0.3 is 8.39 Å². The highest BCUT2D eigenvalue weighted by Gasteiger charge is 2.22. The van der Waals surface area contributed by atoms with Crippen LogP contribution in [0.25, 0.3) is 21.9 Å². The molecular weight excluding hydrogens is 387 g/mol. The molecule has 1 aliphatic carbocycles. The highest BCUT2D eigenvalue weighted by molar-refractivity contribution is 7.15. The molecule has 1 aromatic heterocycles. The van der Waals surface area contributed by atoms with E-state index in [0.717, 1.165) is 36.3 Å². The van der Waals surface area contributed by atoms with E-state index in [4.69, 9.17) is 8.39 Å². The first-order chi connectivity index (χ1) is 14.7. The molecule has 3 aromatic rings. The Kier molecular flexibility index (Phi) is 7.26. The van der Waals surface area contributed by atoms with Crippen molar-refractivity contribution in [2.75, 3.05) is 0 Å². The van der Waals surface area contributed by atoms with Crippen molar-refractivity contribution in [3.05, 3.63) is 46.5 Å². The van der Waals surface area contributed by atoms with E-state index in [1.807, 2.05) is 0 Å². The van der Waals surface area contributed by atoms with Crippen LogP contribution in [0.4, 0.5) is 0 Å². The zero-order valence-corrected chi connectivity index (χ0v) is 20.0. The fourth-order valence-corrected chi connectivity index (χ4v) is 5.42. The summed E-state index contributed by atoms with van der Waals surface area (Å²) in [5.41, 5.74) is 7.86. The number of hydrogen-bond acceptors (Lipinski definition) is 2. The Labute approximate surface area is 183 Å². The maximum Gasteiger partial charge on any atom is 0.201 e. The molecular formula is C27H37O2P. The van der Waals surface area contributed by atoms with Crippen molar-refractivity contribution in [2.24, 2.45) is 0 Å². The van der Waals surface area contributed by atoms with Crippen molar-refractivity contribution in [2.45, 2.75) is 97.3 Å². The third-order valence-corrected chi connectivity index (χ3v) is 7.28. The topological polar surface area (TPSA) is 26.3 Å². The molecule has 1 saturated carbocycles. The Morgan fingerprint density at radius 2 is 1.40 bits per heavy atom. The van der Waals surface area contributed by atoms with Crippen LogP contribution in [-0.2, 0) is 19.3 Å². The van der Waals surface area contributed by atoms with Gasteiger partial charge in [-0.15, -0.1) is 0 Å². The second-order valence-electron chi connectivity index (χ2n) is 9.06. The smallest absolute Gasteiger partial charge is 0.201 e. The molecule has 0 amide bonds. The van der Waals surface area contributed by atoms with Crippen LogP contribution in [0.3, 0.4) is 0 Å². The van der Waals surface area contributed by atoms with E-state index in [0.29, 0.717) is 0 Å². The van der Waals surface area contributed by atoms with Crippen molar-refractivity contribution in [3.63, 3.8) is 0 Å². The Hall–Kier alpha value is -1.66. The molecule has 2 nitrogen and oxygen atoms in total. The maximum absolute atomic E-state index is 6.31. The van der Waals surface area contributed by atoms with Gasteiger partial charge in [-0.2, -0.15) is 0 Å². The lowest BCUT2D eigenvalue weighted by atomic mass is 9.79. The maximum atomic E-state index is 6.31. The molecule has 4 rings (SSSR count). The van der Waals surface area contributed by atoms with E-state index in [2.05, 4.69) is 45.0 Å². The summed E-state index contributed by atoms with van der Waals surface area (Å²) >= 11 is 0. The van der Waals surface area contributed by atoms with Gasteiger partial charge in [0.25, 0.3) is 0 Å². The minimum Gasteiger partial charge on any atom is -0.421 e. The summed E-state index contributed by atoms with van der Waals surface area (Å²) in [6.07, 6.45) is 13.3. The zero-order chi connectivity index (χ0) is 20.9. The monoisotopic (exact) mass is 424 g/mol. The third kappa shape index (κ3) is 4.50. The van der Waals surface area contributed by atoms with Crippen LogP contribution in [0, 0.1) is 0 Å². The second kappa shape index (κ2) is 10.1. The second-order valence-corrected chi connectivity index (χ2v) is 9.64. The van der Waals surface area contributed by atoms with Crippen LogP contribution >= 0.6 is 8.67 Å². The molecule has 1 unspecified atom stereocenters. The van der Waals surface area contributed by atoms with Crippen molar-refractivity contribution < 1.29 is 8.39 Å². The number of hydrogen-bond donors (Lipinski definition) is 0. The normalized spacial score (nSPS) is 14.6. The minimum atomic E-state index is 0.0350. The number of aryl methyl sites for hydroxylation is 3. The van der Waals surface area contributed by atoms with E-state index in [1.165, 1.54) is 84.4 Å². The fourth-order valence-electron chi connectivity index (χ4n) is 4.73. The lowest BCUT2D eigenvalue weighted by Gasteiger charge is -2.26. The lowest BCUT2D eigenvalue weighted by molar-refractivity contribution is 0.419. The molecule has 0 aliphatic heterocycles. The van der Waals surface area contributed by atoms with Crippen molar-refractivity contribution >= 4 is 30.6 Å². The van der Waals surface area contributed by atoms with Gasteiger partial charge in [0, 0.05) is 10.8 Å². The van der Waals surface area contributed by atoms with Gasteiger partial charge in [0.15, 0.2) is 0 Å². The highest BCUT2D eigenvalue weighted by atomic mass is 31.1. The third-order valence-electron chi connectivity index (χ3n) is 6.71. The number of unbranched alkanes of at least 4 members (excludes halogenated alkanes) is 2. The summed E-state index contributed by atoms with van der Waals surface area (Å²) < 4.78 is 12.6. The largest absolute Gasteiger partial charge is 0.421 e. The summed E-state index contributed by atoms with van der Waals surface area (Å²) in [4.78, 5) is 0. The molecule has 0 spiro atoms. The van der Waals surface area contributed by atoms with Crippen LogP contribution in [0.2, 0.25) is 0 Å². The molecule has 1 atom stereocenters. The Bertz CT molecular complexity index is 1030. The van der Waals surface area contributed by atoms with Crippen LogP contribution in [-0.4, -0.2) is 0 Å². The van der Waals surface area contributed by atoms with Crippen LogP contribution in [0.15, 0.2) is 32.7 Å². The minimum absolute atomic E-state index is 0.0350. The van der Waals surface area contributed by atoms with E-state index in [9.17, 15) is 0 Å². The summed E-state index contributed by atoms with van der Waals surface area (Å²) in [5, 5.41) is 2.55. The van der Waals surface area contributed by atoms with Crippen LogP contribution in [0.1, 0.15) is 100 Å². The fraction of sp³-hybridized carbons (Fsp3) is 0.556. The molecule has 162 valence electrons. The van der Waals surface area contributed by atoms with Gasteiger partial charge in [0.05, 0.1) is 0 Å². The predicted molar refractivity (Wildman–Crippen MR) is 131 cm³/mol. The number of benzene rings is 2. The van der Waals surface area contributed by atoms with Crippen molar-refractivity contribution in [1.29, 1.82) is 0 Å². The lowest BCUT2D eigenvalue weighted by Crippen LogP contribution is -2.09. The van der Waals surface area contributed by atoms with Crippen molar-refractivity contribution in [3.8, 4) is 0 Å². The summed E-state index contributed by atoms with van der Waals surface area (Å²) in [6.45, 7) is 6.80. The molecule has 1 aliphatic rings. The van der Waals surface area contributed by atoms with E-state index in [1.54, 1.807) is 0 Å².